The van der Waals surface area contributed by atoms with Crippen molar-refractivity contribution < 1.29 is 0 Å². The molecule has 0 aliphatic carbocycles. The number of benzene rings is 1. The van der Waals surface area contributed by atoms with Crippen molar-refractivity contribution in [2.24, 2.45) is 0 Å². The van der Waals surface area contributed by atoms with Gasteiger partial charge in [0.25, 0.3) is 0 Å². The lowest BCUT2D eigenvalue weighted by Crippen LogP contribution is -1.87. The van der Waals surface area contributed by atoms with Crippen molar-refractivity contribution in [3.05, 3.63) is 34.7 Å². The van der Waals surface area contributed by atoms with Gasteiger partial charge in [-0.25, -0.2) is 4.98 Å². The number of nitrogens with zero attached hydrogens (tertiary/aromatic N) is 1. The third-order valence-corrected chi connectivity index (χ3v) is 3.41. The molecule has 0 amide bonds. The van der Waals surface area contributed by atoms with Gasteiger partial charge >= 0.3 is 0 Å². The number of anilines is 1. The van der Waals surface area contributed by atoms with Crippen molar-refractivity contribution in [1.29, 1.82) is 0 Å². The molecule has 1 aromatic heterocycles. The zero-order valence-electron chi connectivity index (χ0n) is 9.44. The number of aromatic nitrogens is 1. The molecule has 0 radical (unpaired) electrons. The minimum absolute atomic E-state index is 0. The first kappa shape index (κ1) is 14.5. The van der Waals surface area contributed by atoms with Crippen LogP contribution in [0.2, 0.25) is 0 Å². The molecule has 0 atom stereocenters. The number of thiazole rings is 1. The second-order valence-corrected chi connectivity index (χ2v) is 5.21. The summed E-state index contributed by atoms with van der Waals surface area (Å²) in [6, 6.07) is 8.33. The van der Waals surface area contributed by atoms with Crippen LogP contribution in [-0.2, 0) is 6.42 Å². The van der Waals surface area contributed by atoms with E-state index < -0.39 is 0 Å². The summed E-state index contributed by atoms with van der Waals surface area (Å²) >= 11 is 7.22. The Morgan fingerprint density at radius 3 is 2.41 bits per heavy atom. The molecule has 0 aliphatic rings. The third kappa shape index (κ3) is 3.44. The summed E-state index contributed by atoms with van der Waals surface area (Å²) < 4.78 is 0. The van der Waals surface area contributed by atoms with E-state index in [1.165, 1.54) is 16.9 Å². The number of rotatable bonds is 3. The highest BCUT2D eigenvalue weighted by atomic mass is 79.9. The normalized spacial score (nSPS) is 10.0. The van der Waals surface area contributed by atoms with Crippen molar-refractivity contribution in [3.8, 4) is 11.3 Å². The Hall–Kier alpha value is -0.580. The fourth-order valence-electron chi connectivity index (χ4n) is 1.62. The number of hydrogen-bond acceptors (Lipinski definition) is 3. The van der Waals surface area contributed by atoms with Gasteiger partial charge in [-0.1, -0.05) is 24.3 Å². The van der Waals surface area contributed by atoms with E-state index in [9.17, 15) is 0 Å². The van der Waals surface area contributed by atoms with Gasteiger partial charge in [0.1, 0.15) is 0 Å². The molecule has 0 spiro atoms. The van der Waals surface area contributed by atoms with Gasteiger partial charge in [-0.05, 0) is 18.9 Å². The molecule has 0 bridgehead atoms. The molecule has 0 saturated heterocycles. The van der Waals surface area contributed by atoms with E-state index in [1.807, 2.05) is 6.92 Å². The van der Waals surface area contributed by atoms with Gasteiger partial charge in [-0.15, -0.1) is 39.9 Å². The maximum Gasteiger partial charge on any atom is 0.180 e. The molecule has 0 fully saturated rings. The summed E-state index contributed by atoms with van der Waals surface area (Å²) in [5.74, 6) is 0.655. The first-order valence-electron chi connectivity index (χ1n) is 5.09. The number of nitrogens with two attached hydrogens (primary N) is 1. The molecule has 5 heteroatoms. The number of aryl methyl sites for hydroxylation is 2. The first-order chi connectivity index (χ1) is 7.70. The van der Waals surface area contributed by atoms with E-state index >= 15 is 0 Å². The van der Waals surface area contributed by atoms with Gasteiger partial charge < -0.3 is 5.73 Å². The number of halogens is 2. The number of nitrogen functional groups attached to an aromatic ring is 1. The van der Waals surface area contributed by atoms with Gasteiger partial charge in [0, 0.05) is 16.3 Å². The summed E-state index contributed by atoms with van der Waals surface area (Å²) in [5, 5.41) is 0.623. The molecule has 1 aromatic carbocycles. The van der Waals surface area contributed by atoms with Gasteiger partial charge in [0.2, 0.25) is 0 Å². The van der Waals surface area contributed by atoms with Gasteiger partial charge in [0.05, 0.1) is 5.69 Å². The Morgan fingerprint density at radius 1 is 1.29 bits per heavy atom. The quantitative estimate of drug-likeness (QED) is 0.860. The zero-order chi connectivity index (χ0) is 11.5. The monoisotopic (exact) mass is 332 g/mol. The van der Waals surface area contributed by atoms with Crippen molar-refractivity contribution in [1.82, 2.24) is 4.98 Å². The first-order valence-corrected chi connectivity index (χ1v) is 6.44. The lowest BCUT2D eigenvalue weighted by Gasteiger charge is -2.01. The third-order valence-electron chi connectivity index (χ3n) is 2.42. The van der Waals surface area contributed by atoms with Crippen LogP contribution in [0.25, 0.3) is 11.3 Å². The molecule has 1 heterocycles. The van der Waals surface area contributed by atoms with Crippen LogP contribution in [0.5, 0.6) is 0 Å². The minimum atomic E-state index is 0. The molecule has 2 N–H and O–H groups in total. The van der Waals surface area contributed by atoms with Crippen LogP contribution in [0.1, 0.15) is 10.4 Å². The number of hydrogen-bond donors (Lipinski definition) is 1. The van der Waals surface area contributed by atoms with Crippen molar-refractivity contribution in [2.45, 2.75) is 13.3 Å². The van der Waals surface area contributed by atoms with E-state index in [2.05, 4.69) is 29.2 Å². The van der Waals surface area contributed by atoms with Gasteiger partial charge in [-0.3, -0.25) is 0 Å². The summed E-state index contributed by atoms with van der Waals surface area (Å²) in [6.45, 7) is 2.04. The van der Waals surface area contributed by atoms with E-state index in [1.54, 1.807) is 0 Å². The lowest BCUT2D eigenvalue weighted by molar-refractivity contribution is 1.15. The van der Waals surface area contributed by atoms with Crippen LogP contribution in [0.4, 0.5) is 5.13 Å². The molecule has 0 saturated carbocycles. The molecular formula is C12H14BrClN2S. The average molecular weight is 334 g/mol. The van der Waals surface area contributed by atoms with Crippen LogP contribution in [-0.4, -0.2) is 10.9 Å². The highest BCUT2D eigenvalue weighted by Crippen LogP contribution is 2.28. The maximum atomic E-state index is 5.69. The van der Waals surface area contributed by atoms with Crippen LogP contribution in [0.3, 0.4) is 0 Å². The highest BCUT2D eigenvalue weighted by Gasteiger charge is 2.07. The Bertz CT molecular complexity index is 482. The highest BCUT2D eigenvalue weighted by molar-refractivity contribution is 8.93. The molecule has 2 rings (SSSR count). The Labute approximate surface area is 121 Å². The van der Waals surface area contributed by atoms with E-state index in [0.29, 0.717) is 11.0 Å². The zero-order valence-corrected chi connectivity index (χ0v) is 12.7. The second-order valence-electron chi connectivity index (χ2n) is 3.59. The summed E-state index contributed by atoms with van der Waals surface area (Å²) in [7, 11) is 0. The van der Waals surface area contributed by atoms with Crippen molar-refractivity contribution in [2.75, 3.05) is 11.6 Å². The fourth-order valence-corrected chi connectivity index (χ4v) is 2.55. The van der Waals surface area contributed by atoms with E-state index in [-0.39, 0.29) is 17.0 Å². The average Bonchev–Trinajstić information content (AvgIpc) is 2.59. The van der Waals surface area contributed by atoms with Crippen LogP contribution in [0, 0.1) is 6.92 Å². The van der Waals surface area contributed by atoms with E-state index in [4.69, 9.17) is 17.3 Å². The Morgan fingerprint density at radius 2 is 1.94 bits per heavy atom. The predicted molar refractivity (Wildman–Crippen MR) is 81.4 cm³/mol. The Kier molecular flexibility index (Phi) is 5.43. The fraction of sp³-hybridized carbons (Fsp3) is 0.250. The molecule has 0 unspecified atom stereocenters. The molecule has 0 aliphatic heterocycles. The SMILES string of the molecule is Br.Cc1sc(N)nc1-c1ccc(CCCl)cc1. The smallest absolute Gasteiger partial charge is 0.180 e. The van der Waals surface area contributed by atoms with Crippen LogP contribution >= 0.6 is 39.9 Å². The number of alkyl halides is 1. The van der Waals surface area contributed by atoms with E-state index in [0.717, 1.165) is 22.6 Å². The summed E-state index contributed by atoms with van der Waals surface area (Å²) in [5.41, 5.74) is 9.03. The van der Waals surface area contributed by atoms with Gasteiger partial charge in [0.15, 0.2) is 5.13 Å². The van der Waals surface area contributed by atoms with Crippen molar-refractivity contribution >= 4 is 45.1 Å². The molecule has 2 aromatic rings. The molecule has 92 valence electrons. The summed E-state index contributed by atoms with van der Waals surface area (Å²) in [4.78, 5) is 5.48. The summed E-state index contributed by atoms with van der Waals surface area (Å²) in [6.07, 6.45) is 0.903. The molecular weight excluding hydrogens is 320 g/mol. The largest absolute Gasteiger partial charge is 0.375 e. The maximum absolute atomic E-state index is 5.69. The minimum Gasteiger partial charge on any atom is -0.375 e. The predicted octanol–water partition coefficient (Wildman–Crippen LogP) is 4.06. The molecule has 17 heavy (non-hydrogen) atoms. The second kappa shape index (κ2) is 6.38. The Balaban J connectivity index is 0.00000144. The van der Waals surface area contributed by atoms with Crippen LogP contribution < -0.4 is 5.73 Å². The van der Waals surface area contributed by atoms with Crippen molar-refractivity contribution in [3.63, 3.8) is 0 Å². The topological polar surface area (TPSA) is 38.9 Å². The standard InChI is InChI=1S/C12H13ClN2S.BrH/c1-8-11(15-12(14)16-8)10-4-2-9(3-5-10)6-7-13;/h2-5H,6-7H2,1H3,(H2,14,15);1H. The van der Waals surface area contributed by atoms with Gasteiger partial charge in [-0.2, -0.15) is 0 Å². The molecule has 2 nitrogen and oxygen atoms in total. The lowest BCUT2D eigenvalue weighted by atomic mass is 10.1. The van der Waals surface area contributed by atoms with Crippen LogP contribution in [0.15, 0.2) is 24.3 Å².